The molecule has 6 nitrogen and oxygen atoms in total. The van der Waals surface area contributed by atoms with Gasteiger partial charge in [0.25, 0.3) is 0 Å². The van der Waals surface area contributed by atoms with Crippen LogP contribution in [0.15, 0.2) is 23.3 Å². The number of nitrogens with one attached hydrogen (secondary N) is 2. The Hall–Kier alpha value is -1.30. The summed E-state index contributed by atoms with van der Waals surface area (Å²) in [5.41, 5.74) is -0.788. The topological polar surface area (TPSA) is 72.8 Å². The highest BCUT2D eigenvalue weighted by Gasteiger charge is 2.33. The lowest BCUT2D eigenvalue weighted by Gasteiger charge is -2.21. The van der Waals surface area contributed by atoms with Gasteiger partial charge in [-0.2, -0.15) is 13.2 Å². The number of β-amino-alcohol motifs (C(OH)–C–C–N with tert-alkyl or cyclic N) is 1. The Kier molecular flexibility index (Phi) is 8.69. The number of aliphatic imine (C=N–C) groups is 1. The van der Waals surface area contributed by atoms with E-state index in [1.54, 1.807) is 0 Å². The Balaban J connectivity index is 0.00000312. The molecule has 2 rings (SSSR count). The van der Waals surface area contributed by atoms with Crippen LogP contribution >= 0.6 is 24.0 Å². The minimum absolute atomic E-state index is 0. The fourth-order valence-corrected chi connectivity index (χ4v) is 2.47. The number of nitrogens with zero attached hydrogens (tertiary/aromatic N) is 3. The standard InChI is InChI=1S/C15H22F3N5O.HI/c1-2-19-14(23-9-5-11(24)10-23)22-8-7-21-13-12(15(16,17)18)4-3-6-20-13;/h3-4,6,11,24H,2,5,7-10H2,1H3,(H,19,22)(H,20,21);1H/t11-;/m1./s1. The number of rotatable bonds is 5. The molecule has 0 unspecified atom stereocenters. The van der Waals surface area contributed by atoms with Crippen LogP contribution in [0.3, 0.4) is 0 Å². The van der Waals surface area contributed by atoms with Crippen LogP contribution in [0.5, 0.6) is 0 Å². The number of alkyl halides is 3. The van der Waals surface area contributed by atoms with Crippen LogP contribution in [-0.4, -0.2) is 59.8 Å². The van der Waals surface area contributed by atoms with Gasteiger partial charge in [0.15, 0.2) is 5.96 Å². The quantitative estimate of drug-likeness (QED) is 0.265. The molecule has 0 spiro atoms. The van der Waals surface area contributed by atoms with Gasteiger partial charge in [-0.15, -0.1) is 24.0 Å². The predicted molar refractivity (Wildman–Crippen MR) is 101 cm³/mol. The first-order valence-corrected chi connectivity index (χ1v) is 7.89. The molecule has 0 aromatic carbocycles. The molecule has 2 heterocycles. The maximum Gasteiger partial charge on any atom is 0.419 e. The van der Waals surface area contributed by atoms with Crippen LogP contribution in [0, 0.1) is 0 Å². The molecule has 1 atom stereocenters. The summed E-state index contributed by atoms with van der Waals surface area (Å²) in [5.74, 6) is 0.467. The molecule has 1 aliphatic rings. The largest absolute Gasteiger partial charge is 0.419 e. The summed E-state index contributed by atoms with van der Waals surface area (Å²) in [6.45, 7) is 4.35. The first-order valence-electron chi connectivity index (χ1n) is 7.89. The van der Waals surface area contributed by atoms with Crippen LogP contribution in [0.4, 0.5) is 19.0 Å². The van der Waals surface area contributed by atoms with E-state index in [1.807, 2.05) is 11.8 Å². The second-order valence-corrected chi connectivity index (χ2v) is 5.45. The number of anilines is 1. The number of hydrogen-bond donors (Lipinski definition) is 3. The summed E-state index contributed by atoms with van der Waals surface area (Å²) >= 11 is 0. The molecular formula is C15H23F3IN5O. The van der Waals surface area contributed by atoms with Crippen molar-refractivity contribution in [1.29, 1.82) is 0 Å². The third-order valence-corrected chi connectivity index (χ3v) is 3.58. The van der Waals surface area contributed by atoms with Gasteiger partial charge in [0, 0.05) is 32.4 Å². The van der Waals surface area contributed by atoms with E-state index in [9.17, 15) is 18.3 Å². The number of aliphatic hydroxyl groups is 1. The van der Waals surface area contributed by atoms with Crippen LogP contribution in [0.2, 0.25) is 0 Å². The molecule has 1 aromatic rings. The van der Waals surface area contributed by atoms with Crippen molar-refractivity contribution in [3.63, 3.8) is 0 Å². The number of guanidine groups is 1. The molecule has 1 saturated heterocycles. The molecule has 3 N–H and O–H groups in total. The number of aliphatic hydroxyl groups excluding tert-OH is 1. The van der Waals surface area contributed by atoms with Gasteiger partial charge >= 0.3 is 6.18 Å². The molecule has 142 valence electrons. The Morgan fingerprint density at radius 1 is 1.48 bits per heavy atom. The second kappa shape index (κ2) is 10.00. The molecule has 0 radical (unpaired) electrons. The first kappa shape index (κ1) is 21.7. The van der Waals surface area contributed by atoms with Crippen LogP contribution < -0.4 is 10.6 Å². The van der Waals surface area contributed by atoms with Crippen LogP contribution in [-0.2, 0) is 6.18 Å². The van der Waals surface area contributed by atoms with Gasteiger partial charge in [0.05, 0.1) is 18.2 Å². The lowest BCUT2D eigenvalue weighted by molar-refractivity contribution is -0.137. The van der Waals surface area contributed by atoms with Gasteiger partial charge in [-0.25, -0.2) is 4.98 Å². The Morgan fingerprint density at radius 3 is 2.84 bits per heavy atom. The van der Waals surface area contributed by atoms with E-state index in [0.717, 1.165) is 6.07 Å². The van der Waals surface area contributed by atoms with Gasteiger partial charge in [-0.05, 0) is 25.5 Å². The summed E-state index contributed by atoms with van der Waals surface area (Å²) < 4.78 is 38.6. The summed E-state index contributed by atoms with van der Waals surface area (Å²) in [6.07, 6.45) is -2.81. The van der Waals surface area contributed by atoms with E-state index >= 15 is 0 Å². The smallest absolute Gasteiger partial charge is 0.391 e. The zero-order valence-corrected chi connectivity index (χ0v) is 16.2. The average molecular weight is 473 g/mol. The van der Waals surface area contributed by atoms with Crippen molar-refractivity contribution in [2.24, 2.45) is 4.99 Å². The number of hydrogen-bond acceptors (Lipinski definition) is 4. The van der Waals surface area contributed by atoms with Gasteiger partial charge < -0.3 is 20.6 Å². The van der Waals surface area contributed by atoms with Crippen LogP contribution in [0.25, 0.3) is 0 Å². The first-order chi connectivity index (χ1) is 11.4. The molecule has 25 heavy (non-hydrogen) atoms. The lowest BCUT2D eigenvalue weighted by Crippen LogP contribution is -2.40. The predicted octanol–water partition coefficient (Wildman–Crippen LogP) is 2.16. The molecule has 0 bridgehead atoms. The summed E-state index contributed by atoms with van der Waals surface area (Å²) in [5, 5.41) is 15.4. The summed E-state index contributed by atoms with van der Waals surface area (Å²) in [4.78, 5) is 10.1. The number of likely N-dealkylation sites (tertiary alicyclic amines) is 1. The van der Waals surface area contributed by atoms with Crippen molar-refractivity contribution < 1.29 is 18.3 Å². The molecule has 0 saturated carbocycles. The summed E-state index contributed by atoms with van der Waals surface area (Å²) in [7, 11) is 0. The van der Waals surface area contributed by atoms with Gasteiger partial charge in [0.2, 0.25) is 0 Å². The van der Waals surface area contributed by atoms with Crippen molar-refractivity contribution in [2.75, 3.05) is 38.0 Å². The molecule has 1 aromatic heterocycles. The number of halogens is 4. The van der Waals surface area contributed by atoms with E-state index in [0.29, 0.717) is 38.6 Å². The molecule has 1 aliphatic heterocycles. The third kappa shape index (κ3) is 6.49. The van der Waals surface area contributed by atoms with Crippen molar-refractivity contribution in [2.45, 2.75) is 25.6 Å². The van der Waals surface area contributed by atoms with E-state index < -0.39 is 11.7 Å². The second-order valence-electron chi connectivity index (χ2n) is 5.45. The zero-order chi connectivity index (χ0) is 17.6. The van der Waals surface area contributed by atoms with E-state index in [1.165, 1.54) is 12.3 Å². The maximum absolute atomic E-state index is 12.9. The molecule has 1 fully saturated rings. The summed E-state index contributed by atoms with van der Waals surface area (Å²) in [6, 6.07) is 2.25. The van der Waals surface area contributed by atoms with E-state index in [4.69, 9.17) is 0 Å². The minimum Gasteiger partial charge on any atom is -0.391 e. The van der Waals surface area contributed by atoms with Crippen molar-refractivity contribution in [3.05, 3.63) is 23.9 Å². The van der Waals surface area contributed by atoms with Gasteiger partial charge in [-0.3, -0.25) is 4.99 Å². The highest BCUT2D eigenvalue weighted by molar-refractivity contribution is 14.0. The lowest BCUT2D eigenvalue weighted by atomic mass is 10.2. The van der Waals surface area contributed by atoms with Gasteiger partial charge in [-0.1, -0.05) is 0 Å². The van der Waals surface area contributed by atoms with Crippen LogP contribution in [0.1, 0.15) is 18.9 Å². The van der Waals surface area contributed by atoms with Crippen molar-refractivity contribution in [1.82, 2.24) is 15.2 Å². The molecular weight excluding hydrogens is 450 g/mol. The molecule has 0 amide bonds. The van der Waals surface area contributed by atoms with E-state index in [-0.39, 0.29) is 42.4 Å². The monoisotopic (exact) mass is 473 g/mol. The van der Waals surface area contributed by atoms with Crippen molar-refractivity contribution in [3.8, 4) is 0 Å². The highest BCUT2D eigenvalue weighted by Crippen LogP contribution is 2.33. The number of pyridine rings is 1. The molecule has 0 aliphatic carbocycles. The molecule has 10 heteroatoms. The minimum atomic E-state index is -4.44. The van der Waals surface area contributed by atoms with E-state index in [2.05, 4.69) is 20.6 Å². The fraction of sp³-hybridized carbons (Fsp3) is 0.600. The fourth-order valence-electron chi connectivity index (χ4n) is 2.47. The Morgan fingerprint density at radius 2 is 2.24 bits per heavy atom. The highest BCUT2D eigenvalue weighted by atomic mass is 127. The number of aromatic nitrogens is 1. The Bertz CT molecular complexity index is 570. The Labute approximate surface area is 161 Å². The normalized spacial score (nSPS) is 18.0. The zero-order valence-electron chi connectivity index (χ0n) is 13.9. The third-order valence-electron chi connectivity index (χ3n) is 3.58. The SMILES string of the molecule is CCNC(=NCCNc1ncccc1C(F)(F)F)N1CC[C@@H](O)C1.I. The maximum atomic E-state index is 12.9. The average Bonchev–Trinajstić information content (AvgIpc) is 2.96. The van der Waals surface area contributed by atoms with Crippen molar-refractivity contribution >= 4 is 35.8 Å². The van der Waals surface area contributed by atoms with Gasteiger partial charge in [0.1, 0.15) is 5.82 Å².